The highest BCUT2D eigenvalue weighted by Gasteiger charge is 2.33. The fourth-order valence-electron chi connectivity index (χ4n) is 3.96. The first-order valence-electron chi connectivity index (χ1n) is 11.5. The summed E-state index contributed by atoms with van der Waals surface area (Å²) in [4.78, 5) is 4.64. The third kappa shape index (κ3) is 5.65. The summed E-state index contributed by atoms with van der Waals surface area (Å²) in [5.41, 5.74) is 0.210. The van der Waals surface area contributed by atoms with Crippen LogP contribution < -0.4 is 10.6 Å². The number of thiophene rings is 2. The highest BCUT2D eigenvalue weighted by molar-refractivity contribution is 7.91. The molecule has 0 radical (unpaired) electrons. The molecule has 4 rings (SSSR count). The largest absolute Gasteiger partial charge is 0.504 e. The second-order valence-corrected chi connectivity index (χ2v) is 14.5. The number of piperazine rings is 1. The first kappa shape index (κ1) is 26.3. The van der Waals surface area contributed by atoms with Gasteiger partial charge in [0, 0.05) is 41.3 Å². The van der Waals surface area contributed by atoms with Crippen LogP contribution >= 0.6 is 34.4 Å². The van der Waals surface area contributed by atoms with Gasteiger partial charge >= 0.3 is 0 Å². The van der Waals surface area contributed by atoms with Crippen LogP contribution in [0.15, 0.2) is 21.7 Å². The van der Waals surface area contributed by atoms with Crippen molar-refractivity contribution < 1.29 is 13.5 Å². The summed E-state index contributed by atoms with van der Waals surface area (Å²) < 4.78 is 36.6. The fourth-order valence-corrected chi connectivity index (χ4v) is 8.41. The van der Waals surface area contributed by atoms with E-state index < -0.39 is 10.0 Å². The van der Waals surface area contributed by atoms with Crippen LogP contribution in [0.3, 0.4) is 0 Å². The van der Waals surface area contributed by atoms with Crippen molar-refractivity contribution in [1.82, 2.24) is 18.0 Å². The molecule has 3 N–H and O–H groups in total. The van der Waals surface area contributed by atoms with Gasteiger partial charge in [0.1, 0.15) is 0 Å². The molecule has 35 heavy (non-hydrogen) atoms. The molecular weight excluding hydrogens is 525 g/mol. The summed E-state index contributed by atoms with van der Waals surface area (Å²) in [6.07, 6.45) is 0. The molecule has 1 atom stereocenters. The van der Waals surface area contributed by atoms with Gasteiger partial charge in [-0.25, -0.2) is 8.42 Å². The number of hydrogen-bond donors (Lipinski definition) is 3. The Balaban J connectivity index is 1.54. The first-order chi connectivity index (χ1) is 16.5. The summed E-state index contributed by atoms with van der Waals surface area (Å²) in [6, 6.07) is 4.23. The number of aryl methyl sites for hydroxylation is 1. The maximum atomic E-state index is 13.2. The zero-order chi connectivity index (χ0) is 25.4. The van der Waals surface area contributed by atoms with Gasteiger partial charge in [-0.05, 0) is 31.0 Å². The van der Waals surface area contributed by atoms with Gasteiger partial charge in [0.15, 0.2) is 21.6 Å². The predicted molar refractivity (Wildman–Crippen MR) is 145 cm³/mol. The average Bonchev–Trinajstić information content (AvgIpc) is 3.52. The average molecular weight is 557 g/mol. The van der Waals surface area contributed by atoms with E-state index in [0.29, 0.717) is 43.5 Å². The van der Waals surface area contributed by atoms with E-state index >= 15 is 0 Å². The maximum absolute atomic E-state index is 13.2. The van der Waals surface area contributed by atoms with Gasteiger partial charge in [-0.1, -0.05) is 27.7 Å². The highest BCUT2D eigenvalue weighted by Crippen LogP contribution is 2.43. The standard InChI is InChI=1S/C22H32N6O3S4/c1-6-27-9-11-28(12-10-27)35(30,31)21-17(29)15(13-32-21)23-19-20(26-34-25-19)24-18(22(3,4)5)16-8-7-14(2)33-16/h7-8,13,18,29H,6,9-12H2,1-5H3,(H,23,25)(H,24,26)/t18-/m0/s1. The number of anilines is 3. The van der Waals surface area contributed by atoms with Crippen LogP contribution in [-0.4, -0.2) is 64.2 Å². The van der Waals surface area contributed by atoms with Crippen molar-refractivity contribution in [1.29, 1.82) is 0 Å². The van der Waals surface area contributed by atoms with Gasteiger partial charge in [-0.2, -0.15) is 13.1 Å². The lowest BCUT2D eigenvalue weighted by Crippen LogP contribution is -2.48. The molecule has 0 aromatic carbocycles. The number of hydrogen-bond acceptors (Lipinski definition) is 11. The maximum Gasteiger partial charge on any atom is 0.256 e. The smallest absolute Gasteiger partial charge is 0.256 e. The number of likely N-dealkylation sites (N-methyl/N-ethyl adjacent to an activating group) is 1. The summed E-state index contributed by atoms with van der Waals surface area (Å²) in [7, 11) is -3.78. The molecule has 0 saturated carbocycles. The van der Waals surface area contributed by atoms with Crippen LogP contribution in [-0.2, 0) is 10.0 Å². The Labute approximate surface area is 219 Å². The Morgan fingerprint density at radius 2 is 1.83 bits per heavy atom. The molecule has 0 amide bonds. The van der Waals surface area contributed by atoms with Crippen LogP contribution in [0.4, 0.5) is 17.3 Å². The summed E-state index contributed by atoms with van der Waals surface area (Å²) >= 11 is 3.80. The Morgan fingerprint density at radius 1 is 1.14 bits per heavy atom. The van der Waals surface area contributed by atoms with Gasteiger partial charge in [0.05, 0.1) is 23.5 Å². The van der Waals surface area contributed by atoms with E-state index in [2.05, 4.69) is 71.0 Å². The van der Waals surface area contributed by atoms with Gasteiger partial charge in [-0.3, -0.25) is 0 Å². The number of rotatable bonds is 8. The summed E-state index contributed by atoms with van der Waals surface area (Å²) in [5, 5.41) is 19.1. The van der Waals surface area contributed by atoms with E-state index in [1.165, 1.54) is 14.1 Å². The first-order valence-corrected chi connectivity index (χ1v) is 15.3. The van der Waals surface area contributed by atoms with Gasteiger partial charge in [0.2, 0.25) is 0 Å². The molecule has 1 aliphatic rings. The molecule has 3 aromatic heterocycles. The van der Waals surface area contributed by atoms with E-state index in [-0.39, 0.29) is 21.4 Å². The molecule has 3 aromatic rings. The zero-order valence-corrected chi connectivity index (χ0v) is 23.8. The molecule has 0 unspecified atom stereocenters. The van der Waals surface area contributed by atoms with Crippen molar-refractivity contribution in [3.63, 3.8) is 0 Å². The van der Waals surface area contributed by atoms with Gasteiger partial charge in [0.25, 0.3) is 10.0 Å². The minimum atomic E-state index is -3.78. The van der Waals surface area contributed by atoms with Crippen molar-refractivity contribution >= 4 is 61.7 Å². The van der Waals surface area contributed by atoms with Crippen LogP contribution in [0.25, 0.3) is 0 Å². The van der Waals surface area contributed by atoms with Crippen molar-refractivity contribution in [2.24, 2.45) is 5.41 Å². The zero-order valence-electron chi connectivity index (χ0n) is 20.5. The summed E-state index contributed by atoms with van der Waals surface area (Å²) in [6.45, 7) is 13.7. The minimum absolute atomic E-state index is 0.000511. The highest BCUT2D eigenvalue weighted by atomic mass is 32.2. The Hall–Kier alpha value is -1.77. The molecule has 9 nitrogen and oxygen atoms in total. The number of aromatic nitrogens is 2. The van der Waals surface area contributed by atoms with Crippen LogP contribution in [0.2, 0.25) is 0 Å². The molecular formula is C22H32N6O3S4. The molecule has 0 spiro atoms. The third-order valence-electron chi connectivity index (χ3n) is 6.02. The lowest BCUT2D eigenvalue weighted by molar-refractivity contribution is 0.196. The van der Waals surface area contributed by atoms with Crippen molar-refractivity contribution in [3.05, 3.63) is 27.3 Å². The fraction of sp³-hybridized carbons (Fsp3) is 0.545. The van der Waals surface area contributed by atoms with E-state index in [0.717, 1.165) is 29.6 Å². The van der Waals surface area contributed by atoms with Crippen molar-refractivity contribution in [2.45, 2.75) is 44.9 Å². The number of nitrogens with zero attached hydrogens (tertiary/aromatic N) is 4. The third-order valence-corrected chi connectivity index (χ3v) is 11.0. The molecule has 1 saturated heterocycles. The van der Waals surface area contributed by atoms with E-state index in [4.69, 9.17) is 0 Å². The Kier molecular flexibility index (Phi) is 7.74. The predicted octanol–water partition coefficient (Wildman–Crippen LogP) is 4.94. The van der Waals surface area contributed by atoms with E-state index in [9.17, 15) is 13.5 Å². The molecule has 0 aliphatic carbocycles. The number of sulfonamides is 1. The molecule has 4 heterocycles. The minimum Gasteiger partial charge on any atom is -0.504 e. The van der Waals surface area contributed by atoms with Crippen LogP contribution in [0, 0.1) is 12.3 Å². The molecule has 13 heteroatoms. The Morgan fingerprint density at radius 3 is 2.43 bits per heavy atom. The summed E-state index contributed by atoms with van der Waals surface area (Å²) in [5.74, 6) is 0.728. The second kappa shape index (κ2) is 10.3. The lowest BCUT2D eigenvalue weighted by Gasteiger charge is -2.32. The van der Waals surface area contributed by atoms with Crippen LogP contribution in [0.5, 0.6) is 5.75 Å². The van der Waals surface area contributed by atoms with Gasteiger partial charge in [-0.15, -0.1) is 22.7 Å². The van der Waals surface area contributed by atoms with E-state index in [1.54, 1.807) is 16.7 Å². The Bertz CT molecular complexity index is 1250. The topological polar surface area (TPSA) is 111 Å². The molecule has 1 aliphatic heterocycles. The monoisotopic (exact) mass is 556 g/mol. The number of nitrogens with one attached hydrogen (secondary N) is 2. The lowest BCUT2D eigenvalue weighted by atomic mass is 9.86. The van der Waals surface area contributed by atoms with Crippen molar-refractivity contribution in [3.8, 4) is 5.75 Å². The van der Waals surface area contributed by atoms with E-state index in [1.807, 2.05) is 0 Å². The normalized spacial score (nSPS) is 16.9. The van der Waals surface area contributed by atoms with Gasteiger partial charge < -0.3 is 20.6 Å². The quantitative estimate of drug-likeness (QED) is 0.358. The van der Waals surface area contributed by atoms with Crippen molar-refractivity contribution in [2.75, 3.05) is 43.4 Å². The molecule has 0 bridgehead atoms. The molecule has 1 fully saturated rings. The number of aromatic hydroxyl groups is 1. The molecule has 192 valence electrons. The second-order valence-electron chi connectivity index (χ2n) is 9.60. The SMILES string of the molecule is CCN1CCN(S(=O)(=O)c2scc(Nc3nsnc3N[C@@H](c3ccc(C)s3)C(C)(C)C)c2O)CC1. The van der Waals surface area contributed by atoms with Crippen LogP contribution in [0.1, 0.15) is 43.5 Å².